The molecule has 2 heterocycles. The van der Waals surface area contributed by atoms with Gasteiger partial charge in [0.2, 0.25) is 0 Å². The number of fused-ring (bicyclic) bond motifs is 7. The quantitative estimate of drug-likeness (QED) is 0.161. The Labute approximate surface area is 353 Å². The summed E-state index contributed by atoms with van der Waals surface area (Å²) >= 11 is 0. The summed E-state index contributed by atoms with van der Waals surface area (Å²) < 4.78 is 8.76. The zero-order chi connectivity index (χ0) is 40.3. The van der Waals surface area contributed by atoms with Gasteiger partial charge in [0.05, 0.1) is 22.4 Å². The molecule has 3 heteroatoms. The SMILES string of the molecule is c1ccc(-c2ccc(-c3ccc4ccccc4c3)cc2N(c2ccc(-c3ccccc3-n3c4ccccc4c4ccccc43)cc2)c2ccc3oc4ccccc4c3c2)cc1. The molecule has 0 atom stereocenters. The van der Waals surface area contributed by atoms with E-state index in [2.05, 4.69) is 228 Å². The summed E-state index contributed by atoms with van der Waals surface area (Å²) in [5.41, 5.74) is 15.4. The molecule has 0 aliphatic carbocycles. The second-order valence-electron chi connectivity index (χ2n) is 15.7. The lowest BCUT2D eigenvalue weighted by molar-refractivity contribution is 0.669. The Bertz CT molecular complexity index is 3540. The molecule has 0 saturated heterocycles. The predicted molar refractivity (Wildman–Crippen MR) is 257 cm³/mol. The molecule has 0 spiro atoms. The molecule has 0 radical (unpaired) electrons. The Morgan fingerprint density at radius 3 is 1.70 bits per heavy atom. The first-order valence-corrected chi connectivity index (χ1v) is 20.8. The van der Waals surface area contributed by atoms with E-state index in [1.54, 1.807) is 0 Å². The molecule has 0 N–H and O–H groups in total. The minimum Gasteiger partial charge on any atom is -0.456 e. The molecule has 10 aromatic carbocycles. The van der Waals surface area contributed by atoms with Crippen LogP contribution >= 0.6 is 0 Å². The fourth-order valence-corrected chi connectivity index (χ4v) is 9.29. The van der Waals surface area contributed by atoms with Crippen molar-refractivity contribution in [3.8, 4) is 39.1 Å². The first-order chi connectivity index (χ1) is 30.2. The Hall–Kier alpha value is -8.14. The monoisotopic (exact) mass is 778 g/mol. The van der Waals surface area contributed by atoms with Gasteiger partial charge in [0, 0.05) is 44.0 Å². The highest BCUT2D eigenvalue weighted by Crippen LogP contribution is 2.45. The van der Waals surface area contributed by atoms with Gasteiger partial charge < -0.3 is 13.9 Å². The van der Waals surface area contributed by atoms with Crippen LogP contribution in [0.1, 0.15) is 0 Å². The summed E-state index contributed by atoms with van der Waals surface area (Å²) in [7, 11) is 0. The molecule has 0 unspecified atom stereocenters. The lowest BCUT2D eigenvalue weighted by Crippen LogP contribution is -2.11. The standard InChI is InChI=1S/C58H38N2O/c1-2-15-40(16-3-1)48-34-30-44(43-27-26-39-14-4-5-17-42(39)36-43)37-56(48)59(46-33-35-58-52(38-46)51-21-9-13-25-57(51)61-58)45-31-28-41(29-32-45)47-18-6-10-22-53(47)60-54-23-11-7-19-49(54)50-20-8-12-24-55(50)60/h1-38H. The highest BCUT2D eigenvalue weighted by Gasteiger charge is 2.21. The van der Waals surface area contributed by atoms with Crippen LogP contribution in [0.5, 0.6) is 0 Å². The lowest BCUT2D eigenvalue weighted by atomic mass is 9.95. The molecule has 0 amide bonds. The van der Waals surface area contributed by atoms with E-state index in [0.29, 0.717) is 0 Å². The van der Waals surface area contributed by atoms with Crippen LogP contribution in [-0.4, -0.2) is 4.57 Å². The van der Waals surface area contributed by atoms with Crippen molar-refractivity contribution in [2.24, 2.45) is 0 Å². The Morgan fingerprint density at radius 2 is 0.902 bits per heavy atom. The van der Waals surface area contributed by atoms with Crippen molar-refractivity contribution < 1.29 is 4.42 Å². The summed E-state index contributed by atoms with van der Waals surface area (Å²) in [6, 6.07) is 83.1. The molecule has 2 aromatic heterocycles. The molecular weight excluding hydrogens is 741 g/mol. The number of hydrogen-bond donors (Lipinski definition) is 0. The van der Waals surface area contributed by atoms with E-state index < -0.39 is 0 Å². The normalized spacial score (nSPS) is 11.6. The molecule has 0 fully saturated rings. The van der Waals surface area contributed by atoms with E-state index in [0.717, 1.165) is 66.9 Å². The van der Waals surface area contributed by atoms with Gasteiger partial charge in [-0.05, 0) is 99.8 Å². The van der Waals surface area contributed by atoms with Gasteiger partial charge in [-0.1, -0.05) is 164 Å². The van der Waals surface area contributed by atoms with Gasteiger partial charge in [-0.3, -0.25) is 0 Å². The van der Waals surface area contributed by atoms with Crippen LogP contribution in [0.3, 0.4) is 0 Å². The van der Waals surface area contributed by atoms with Crippen molar-refractivity contribution >= 4 is 71.6 Å². The summed E-state index contributed by atoms with van der Waals surface area (Å²) in [6.07, 6.45) is 0. The van der Waals surface area contributed by atoms with Crippen LogP contribution < -0.4 is 4.90 Å². The van der Waals surface area contributed by atoms with Crippen molar-refractivity contribution in [3.05, 3.63) is 231 Å². The summed E-state index contributed by atoms with van der Waals surface area (Å²) in [5, 5.41) is 7.14. The summed E-state index contributed by atoms with van der Waals surface area (Å²) in [6.45, 7) is 0. The van der Waals surface area contributed by atoms with Crippen LogP contribution in [0.25, 0.3) is 93.6 Å². The van der Waals surface area contributed by atoms with Crippen molar-refractivity contribution in [2.75, 3.05) is 4.90 Å². The first kappa shape index (κ1) is 34.9. The number of anilines is 3. The largest absolute Gasteiger partial charge is 0.456 e. The van der Waals surface area contributed by atoms with Crippen molar-refractivity contribution in [3.63, 3.8) is 0 Å². The molecule has 0 aliphatic heterocycles. The van der Waals surface area contributed by atoms with E-state index >= 15 is 0 Å². The minimum atomic E-state index is 0.870. The molecule has 286 valence electrons. The van der Waals surface area contributed by atoms with Crippen LogP contribution in [0, 0.1) is 0 Å². The highest BCUT2D eigenvalue weighted by atomic mass is 16.3. The third kappa shape index (κ3) is 5.90. The molecule has 12 rings (SSSR count). The third-order valence-corrected chi connectivity index (χ3v) is 12.2. The number of nitrogens with zero attached hydrogens (tertiary/aromatic N) is 2. The first-order valence-electron chi connectivity index (χ1n) is 20.8. The smallest absolute Gasteiger partial charge is 0.135 e. The zero-order valence-corrected chi connectivity index (χ0v) is 33.2. The Morgan fingerprint density at radius 1 is 0.328 bits per heavy atom. The predicted octanol–water partition coefficient (Wildman–Crippen LogP) is 16.3. The maximum Gasteiger partial charge on any atom is 0.135 e. The van der Waals surface area contributed by atoms with Gasteiger partial charge in [0.15, 0.2) is 0 Å². The van der Waals surface area contributed by atoms with Crippen molar-refractivity contribution in [1.29, 1.82) is 0 Å². The molecular formula is C58H38N2O. The van der Waals surface area contributed by atoms with E-state index in [1.165, 1.54) is 43.7 Å². The van der Waals surface area contributed by atoms with E-state index in [1.807, 2.05) is 12.1 Å². The maximum absolute atomic E-state index is 6.34. The van der Waals surface area contributed by atoms with Crippen LogP contribution in [0.2, 0.25) is 0 Å². The zero-order valence-electron chi connectivity index (χ0n) is 33.2. The molecule has 3 nitrogen and oxygen atoms in total. The van der Waals surface area contributed by atoms with E-state index in [-0.39, 0.29) is 0 Å². The summed E-state index contributed by atoms with van der Waals surface area (Å²) in [5.74, 6) is 0. The average Bonchev–Trinajstić information content (AvgIpc) is 3.87. The molecule has 0 saturated carbocycles. The van der Waals surface area contributed by atoms with Gasteiger partial charge in [0.1, 0.15) is 11.2 Å². The van der Waals surface area contributed by atoms with Gasteiger partial charge in [-0.15, -0.1) is 0 Å². The number of benzene rings is 10. The molecule has 61 heavy (non-hydrogen) atoms. The Kier molecular flexibility index (Phi) is 8.17. The van der Waals surface area contributed by atoms with Crippen LogP contribution in [0.4, 0.5) is 17.1 Å². The van der Waals surface area contributed by atoms with Crippen molar-refractivity contribution in [2.45, 2.75) is 0 Å². The van der Waals surface area contributed by atoms with E-state index in [9.17, 15) is 0 Å². The van der Waals surface area contributed by atoms with E-state index in [4.69, 9.17) is 4.42 Å². The highest BCUT2D eigenvalue weighted by molar-refractivity contribution is 6.10. The molecule has 0 bridgehead atoms. The van der Waals surface area contributed by atoms with Gasteiger partial charge in [0.25, 0.3) is 0 Å². The second-order valence-corrected chi connectivity index (χ2v) is 15.7. The second kappa shape index (κ2) is 14.3. The fraction of sp³-hybridized carbons (Fsp3) is 0. The Balaban J connectivity index is 1.06. The van der Waals surface area contributed by atoms with Crippen LogP contribution in [-0.2, 0) is 0 Å². The maximum atomic E-state index is 6.34. The molecule has 0 aliphatic rings. The number of hydrogen-bond acceptors (Lipinski definition) is 2. The number of furan rings is 1. The number of aromatic nitrogens is 1. The number of rotatable bonds is 7. The molecule has 12 aromatic rings. The van der Waals surface area contributed by atoms with Crippen molar-refractivity contribution in [1.82, 2.24) is 4.57 Å². The van der Waals surface area contributed by atoms with Crippen LogP contribution in [0.15, 0.2) is 235 Å². The van der Waals surface area contributed by atoms with Gasteiger partial charge >= 0.3 is 0 Å². The minimum absolute atomic E-state index is 0.870. The third-order valence-electron chi connectivity index (χ3n) is 12.2. The topological polar surface area (TPSA) is 21.3 Å². The summed E-state index contributed by atoms with van der Waals surface area (Å²) in [4.78, 5) is 2.41. The average molecular weight is 779 g/mol. The fourth-order valence-electron chi connectivity index (χ4n) is 9.29. The number of para-hydroxylation sites is 4. The lowest BCUT2D eigenvalue weighted by Gasteiger charge is -2.29. The van der Waals surface area contributed by atoms with Gasteiger partial charge in [-0.2, -0.15) is 0 Å². The van der Waals surface area contributed by atoms with Gasteiger partial charge in [-0.25, -0.2) is 0 Å².